The molecular formula is C17H28ClNO4. The number of aryl methyl sites for hydroxylation is 1. The Balaban J connectivity index is 0.00000264. The summed E-state index contributed by atoms with van der Waals surface area (Å²) in [5.41, 5.74) is 1.06. The number of ether oxygens (including phenoxy) is 3. The average Bonchev–Trinajstić information content (AvgIpc) is 2.45. The summed E-state index contributed by atoms with van der Waals surface area (Å²) in [5, 5.41) is 13.1. The van der Waals surface area contributed by atoms with Gasteiger partial charge in [0.15, 0.2) is 17.6 Å². The van der Waals surface area contributed by atoms with E-state index in [1.165, 1.54) is 0 Å². The number of nitrogens with one attached hydrogen (secondary N) is 1. The number of halogens is 1. The van der Waals surface area contributed by atoms with Crippen LogP contribution in [0.15, 0.2) is 18.2 Å². The molecule has 0 amide bonds. The Kier molecular flexibility index (Phi) is 7.61. The van der Waals surface area contributed by atoms with Crippen molar-refractivity contribution in [3.63, 3.8) is 0 Å². The van der Waals surface area contributed by atoms with Crippen molar-refractivity contribution in [2.24, 2.45) is 0 Å². The summed E-state index contributed by atoms with van der Waals surface area (Å²) in [7, 11) is 0. The molecule has 0 bridgehead atoms. The minimum Gasteiger partial charge on any atom is -0.485 e. The third-order valence-corrected chi connectivity index (χ3v) is 3.36. The van der Waals surface area contributed by atoms with Crippen molar-refractivity contribution in [2.45, 2.75) is 45.4 Å². The Bertz CT molecular complexity index is 490. The molecule has 0 radical (unpaired) electrons. The largest absolute Gasteiger partial charge is 0.485 e. The van der Waals surface area contributed by atoms with E-state index in [4.69, 9.17) is 14.2 Å². The molecule has 1 aliphatic heterocycles. The Morgan fingerprint density at radius 3 is 2.83 bits per heavy atom. The lowest BCUT2D eigenvalue weighted by molar-refractivity contribution is -0.0222. The lowest BCUT2D eigenvalue weighted by atomic mass is 10.1. The van der Waals surface area contributed by atoms with E-state index in [1.807, 2.05) is 25.1 Å². The fourth-order valence-electron chi connectivity index (χ4n) is 2.19. The van der Waals surface area contributed by atoms with E-state index in [0.29, 0.717) is 19.8 Å². The highest BCUT2D eigenvalue weighted by molar-refractivity contribution is 5.85. The maximum Gasteiger partial charge on any atom is 0.164 e. The first-order chi connectivity index (χ1) is 10.3. The third kappa shape index (κ3) is 6.55. The number of para-hydroxylation sites is 1. The Hall–Kier alpha value is -1.01. The molecule has 1 aromatic carbocycles. The second-order valence-corrected chi connectivity index (χ2v) is 6.78. The second kappa shape index (κ2) is 8.73. The topological polar surface area (TPSA) is 60.0 Å². The summed E-state index contributed by atoms with van der Waals surface area (Å²) in [6.45, 7) is 9.84. The summed E-state index contributed by atoms with van der Waals surface area (Å²) < 4.78 is 17.1. The zero-order valence-corrected chi connectivity index (χ0v) is 15.1. The lowest BCUT2D eigenvalue weighted by Gasteiger charge is -2.28. The highest BCUT2D eigenvalue weighted by Crippen LogP contribution is 2.34. The van der Waals surface area contributed by atoms with Gasteiger partial charge in [0.25, 0.3) is 0 Å². The van der Waals surface area contributed by atoms with E-state index < -0.39 is 6.10 Å². The predicted octanol–water partition coefficient (Wildman–Crippen LogP) is 2.32. The average molecular weight is 346 g/mol. The van der Waals surface area contributed by atoms with Gasteiger partial charge in [0.1, 0.15) is 6.61 Å². The molecule has 23 heavy (non-hydrogen) atoms. The summed E-state index contributed by atoms with van der Waals surface area (Å²) in [6, 6.07) is 5.84. The number of rotatable bonds is 6. The van der Waals surface area contributed by atoms with Gasteiger partial charge in [-0.2, -0.15) is 0 Å². The number of fused-ring (bicyclic) bond motifs is 1. The zero-order valence-electron chi connectivity index (χ0n) is 14.3. The molecule has 2 rings (SSSR count). The molecule has 0 saturated carbocycles. The van der Waals surface area contributed by atoms with Crippen LogP contribution in [0.3, 0.4) is 0 Å². The quantitative estimate of drug-likeness (QED) is 0.828. The number of hydrogen-bond donors (Lipinski definition) is 2. The molecule has 5 nitrogen and oxygen atoms in total. The van der Waals surface area contributed by atoms with Crippen molar-refractivity contribution in [1.82, 2.24) is 5.32 Å². The van der Waals surface area contributed by atoms with Gasteiger partial charge in [0.2, 0.25) is 0 Å². The smallest absolute Gasteiger partial charge is 0.164 e. The van der Waals surface area contributed by atoms with E-state index >= 15 is 0 Å². The van der Waals surface area contributed by atoms with Crippen LogP contribution in [0.5, 0.6) is 11.5 Å². The first-order valence-corrected chi connectivity index (χ1v) is 7.75. The summed E-state index contributed by atoms with van der Waals surface area (Å²) >= 11 is 0. The summed E-state index contributed by atoms with van der Waals surface area (Å²) in [4.78, 5) is 0. The van der Waals surface area contributed by atoms with Crippen LogP contribution in [-0.4, -0.2) is 49.2 Å². The van der Waals surface area contributed by atoms with Gasteiger partial charge in [-0.1, -0.05) is 12.1 Å². The van der Waals surface area contributed by atoms with Crippen LogP contribution in [0, 0.1) is 6.92 Å². The van der Waals surface area contributed by atoms with Gasteiger partial charge in [-0.25, -0.2) is 0 Å². The monoisotopic (exact) mass is 345 g/mol. The van der Waals surface area contributed by atoms with Crippen LogP contribution in [0.2, 0.25) is 0 Å². The molecule has 2 atom stereocenters. The molecule has 132 valence electrons. The number of aliphatic hydroxyl groups is 1. The van der Waals surface area contributed by atoms with E-state index in [1.54, 1.807) is 0 Å². The molecule has 0 aromatic heterocycles. The van der Waals surface area contributed by atoms with Gasteiger partial charge < -0.3 is 24.6 Å². The second-order valence-electron chi connectivity index (χ2n) is 6.78. The van der Waals surface area contributed by atoms with Gasteiger partial charge in [-0.3, -0.25) is 0 Å². The van der Waals surface area contributed by atoms with E-state index in [9.17, 15) is 5.11 Å². The maximum absolute atomic E-state index is 9.88. The van der Waals surface area contributed by atoms with E-state index in [2.05, 4.69) is 26.1 Å². The third-order valence-electron chi connectivity index (χ3n) is 3.36. The van der Waals surface area contributed by atoms with Crippen LogP contribution < -0.4 is 14.8 Å². The van der Waals surface area contributed by atoms with Crippen LogP contribution in [-0.2, 0) is 4.74 Å². The summed E-state index contributed by atoms with van der Waals surface area (Å²) in [6.07, 6.45) is -0.671. The van der Waals surface area contributed by atoms with E-state index in [-0.39, 0.29) is 30.7 Å². The zero-order chi connectivity index (χ0) is 16.2. The molecular weight excluding hydrogens is 318 g/mol. The fourth-order valence-corrected chi connectivity index (χ4v) is 2.19. The summed E-state index contributed by atoms with van der Waals surface area (Å²) in [5.74, 6) is 1.57. The molecule has 6 heteroatoms. The van der Waals surface area contributed by atoms with Crippen molar-refractivity contribution >= 4 is 12.4 Å². The Labute approximate surface area is 144 Å². The number of aliphatic hydroxyl groups excluding tert-OH is 1. The minimum atomic E-state index is -0.529. The standard InChI is InChI=1S/C17H27NO4.ClH/c1-12-6-5-7-15-16(12)21-11-14(22-15)10-20-9-13(19)8-18-17(2,3)4;/h5-7,13-14,18-19H,8-11H2,1-4H3;1H. The number of β-amino-alcohol motifs (C(OH)–C–C–N with tert-alkyl or cyclic N) is 1. The highest BCUT2D eigenvalue weighted by atomic mass is 35.5. The van der Waals surface area contributed by atoms with Gasteiger partial charge >= 0.3 is 0 Å². The molecule has 1 aliphatic rings. The molecule has 0 spiro atoms. The molecule has 0 fully saturated rings. The van der Waals surface area contributed by atoms with Crippen LogP contribution in [0.25, 0.3) is 0 Å². The number of hydrogen-bond acceptors (Lipinski definition) is 5. The first-order valence-electron chi connectivity index (χ1n) is 7.75. The lowest BCUT2D eigenvalue weighted by Crippen LogP contribution is -2.42. The number of benzene rings is 1. The van der Waals surface area contributed by atoms with Crippen molar-refractivity contribution in [2.75, 3.05) is 26.4 Å². The predicted molar refractivity (Wildman–Crippen MR) is 92.9 cm³/mol. The van der Waals surface area contributed by atoms with Crippen LogP contribution in [0.1, 0.15) is 26.3 Å². The van der Waals surface area contributed by atoms with Gasteiger partial charge in [0, 0.05) is 12.1 Å². The molecule has 2 unspecified atom stereocenters. The minimum absolute atomic E-state index is 0. The van der Waals surface area contributed by atoms with Crippen molar-refractivity contribution < 1.29 is 19.3 Å². The molecule has 0 saturated heterocycles. The molecule has 0 aliphatic carbocycles. The van der Waals surface area contributed by atoms with Crippen molar-refractivity contribution in [1.29, 1.82) is 0 Å². The van der Waals surface area contributed by atoms with Crippen molar-refractivity contribution in [3.8, 4) is 11.5 Å². The van der Waals surface area contributed by atoms with E-state index in [0.717, 1.165) is 17.1 Å². The first kappa shape index (κ1) is 20.0. The molecule has 2 N–H and O–H groups in total. The van der Waals surface area contributed by atoms with Gasteiger partial charge in [0.05, 0.1) is 19.3 Å². The molecule has 1 aromatic rings. The van der Waals surface area contributed by atoms with Gasteiger partial charge in [-0.05, 0) is 39.3 Å². The van der Waals surface area contributed by atoms with Gasteiger partial charge in [-0.15, -0.1) is 12.4 Å². The maximum atomic E-state index is 9.88. The normalized spacial score (nSPS) is 18.2. The van der Waals surface area contributed by atoms with Crippen LogP contribution in [0.4, 0.5) is 0 Å². The highest BCUT2D eigenvalue weighted by Gasteiger charge is 2.22. The Morgan fingerprint density at radius 2 is 2.13 bits per heavy atom. The SMILES string of the molecule is Cc1cccc2c1OCC(COCC(O)CNC(C)(C)C)O2.Cl. The molecule has 1 heterocycles. The van der Waals surface area contributed by atoms with Crippen molar-refractivity contribution in [3.05, 3.63) is 23.8 Å². The fraction of sp³-hybridized carbons (Fsp3) is 0.647. The Morgan fingerprint density at radius 1 is 1.39 bits per heavy atom. The van der Waals surface area contributed by atoms with Crippen LogP contribution >= 0.6 is 12.4 Å².